The van der Waals surface area contributed by atoms with Crippen LogP contribution >= 0.6 is 35.1 Å². The van der Waals surface area contributed by atoms with Crippen molar-refractivity contribution in [2.45, 2.75) is 37.9 Å². The number of methoxy groups -OCH3 is 1. The predicted octanol–water partition coefficient (Wildman–Crippen LogP) is 7.55. The molecule has 0 spiro atoms. The average molecular weight is 437 g/mol. The summed E-state index contributed by atoms with van der Waals surface area (Å²) in [6.07, 6.45) is 6.88. The lowest BCUT2D eigenvalue weighted by molar-refractivity contribution is 0.284. The van der Waals surface area contributed by atoms with Gasteiger partial charge in [-0.05, 0) is 59.7 Å². The minimum Gasteiger partial charge on any atom is -0.493 e. The smallest absolute Gasteiger partial charge is 0.161 e. The van der Waals surface area contributed by atoms with Crippen LogP contribution in [0.5, 0.6) is 11.5 Å². The average Bonchev–Trinajstić information content (AvgIpc) is 2.73. The van der Waals surface area contributed by atoms with Crippen LogP contribution in [0, 0.1) is 0 Å². The van der Waals surface area contributed by atoms with E-state index >= 15 is 0 Å². The first kappa shape index (κ1) is 23.1. The number of benzene rings is 2. The normalized spacial score (nSPS) is 11.3. The van der Waals surface area contributed by atoms with Gasteiger partial charge in [0.15, 0.2) is 11.5 Å². The highest BCUT2D eigenvalue weighted by molar-refractivity contribution is 8.17. The van der Waals surface area contributed by atoms with E-state index < -0.39 is 0 Å². The van der Waals surface area contributed by atoms with E-state index in [-0.39, 0.29) is 0 Å². The van der Waals surface area contributed by atoms with E-state index in [4.69, 9.17) is 21.1 Å². The van der Waals surface area contributed by atoms with Crippen LogP contribution in [0.3, 0.4) is 0 Å². The molecule has 0 heterocycles. The van der Waals surface area contributed by atoms with Gasteiger partial charge in [-0.3, -0.25) is 0 Å². The first-order valence-electron chi connectivity index (χ1n) is 9.63. The molecule has 0 aliphatic rings. The molecule has 28 heavy (non-hydrogen) atoms. The topological polar surface area (TPSA) is 18.5 Å². The van der Waals surface area contributed by atoms with Crippen LogP contribution in [0.4, 0.5) is 0 Å². The number of hydrogen-bond donors (Lipinski definition) is 0. The van der Waals surface area contributed by atoms with Crippen molar-refractivity contribution in [2.75, 3.05) is 18.6 Å². The summed E-state index contributed by atoms with van der Waals surface area (Å²) in [5, 5.41) is 0.727. The Labute approximate surface area is 183 Å². The fourth-order valence-corrected chi connectivity index (χ4v) is 4.87. The summed E-state index contributed by atoms with van der Waals surface area (Å²) in [6.45, 7) is 4.93. The third-order valence-corrected chi connectivity index (χ3v) is 7.24. The molecule has 0 amide bonds. The molecule has 0 atom stereocenters. The summed E-state index contributed by atoms with van der Waals surface area (Å²) >= 11 is 9.95. The molecule has 5 heteroatoms. The van der Waals surface area contributed by atoms with Crippen LogP contribution in [0.15, 0.2) is 48.5 Å². The van der Waals surface area contributed by atoms with Gasteiger partial charge in [-0.25, -0.2) is 0 Å². The molecule has 0 unspecified atom stereocenters. The molecule has 0 saturated carbocycles. The number of thioether (sulfide) groups is 2. The van der Waals surface area contributed by atoms with Crippen LogP contribution in [0.2, 0.25) is 5.02 Å². The van der Waals surface area contributed by atoms with Gasteiger partial charge in [-0.15, -0.1) is 23.5 Å². The fraction of sp³-hybridized carbons (Fsp3) is 0.391. The minimum absolute atomic E-state index is 0.478. The van der Waals surface area contributed by atoms with Crippen molar-refractivity contribution in [3.05, 3.63) is 64.7 Å². The first-order valence-corrected chi connectivity index (χ1v) is 12.1. The van der Waals surface area contributed by atoms with Gasteiger partial charge in [-0.2, -0.15) is 0 Å². The van der Waals surface area contributed by atoms with Crippen LogP contribution in [-0.2, 0) is 6.61 Å². The summed E-state index contributed by atoms with van der Waals surface area (Å²) in [6, 6.07) is 13.7. The summed E-state index contributed by atoms with van der Waals surface area (Å²) < 4.78 is 12.0. The largest absolute Gasteiger partial charge is 0.493 e. The third kappa shape index (κ3) is 8.02. The summed E-state index contributed by atoms with van der Waals surface area (Å²) in [5.41, 5.74) is 2.19. The molecule has 0 aromatic heterocycles. The van der Waals surface area contributed by atoms with E-state index in [1.54, 1.807) is 7.11 Å². The molecule has 2 aromatic carbocycles. The zero-order valence-corrected chi connectivity index (χ0v) is 19.2. The van der Waals surface area contributed by atoms with E-state index in [2.05, 4.69) is 32.1 Å². The highest BCUT2D eigenvalue weighted by Gasteiger charge is 2.07. The molecule has 0 saturated heterocycles. The molecule has 0 aliphatic carbocycles. The lowest BCUT2D eigenvalue weighted by atomic mass is 10.2. The van der Waals surface area contributed by atoms with Gasteiger partial charge in [0.05, 0.1) is 11.7 Å². The third-order valence-electron chi connectivity index (χ3n) is 3.91. The lowest BCUT2D eigenvalue weighted by Gasteiger charge is -2.13. The number of ether oxygens (including phenoxy) is 2. The Bertz CT molecular complexity index is 724. The van der Waals surface area contributed by atoms with Crippen LogP contribution in [-0.4, -0.2) is 23.2 Å². The van der Waals surface area contributed by atoms with Crippen LogP contribution in [0.1, 0.15) is 37.8 Å². The summed E-state index contributed by atoms with van der Waals surface area (Å²) in [4.78, 5) is 0. The number of halogens is 1. The molecule has 0 bridgehead atoms. The Morgan fingerprint density at radius 1 is 0.964 bits per heavy atom. The van der Waals surface area contributed by atoms with Crippen molar-refractivity contribution in [1.29, 1.82) is 0 Å². The van der Waals surface area contributed by atoms with Crippen molar-refractivity contribution in [2.24, 2.45) is 0 Å². The van der Waals surface area contributed by atoms with Crippen molar-refractivity contribution >= 4 is 41.2 Å². The van der Waals surface area contributed by atoms with Gasteiger partial charge in [0.1, 0.15) is 6.61 Å². The maximum absolute atomic E-state index is 5.94. The van der Waals surface area contributed by atoms with E-state index in [0.29, 0.717) is 11.2 Å². The van der Waals surface area contributed by atoms with E-state index in [1.165, 1.54) is 24.3 Å². The number of rotatable bonds is 12. The first-order chi connectivity index (χ1) is 13.7. The highest BCUT2D eigenvalue weighted by Crippen LogP contribution is 2.31. The molecule has 2 rings (SSSR count). The monoisotopic (exact) mass is 436 g/mol. The molecule has 0 aliphatic heterocycles. The van der Waals surface area contributed by atoms with Crippen LogP contribution in [0.25, 0.3) is 6.08 Å². The van der Waals surface area contributed by atoms with Gasteiger partial charge in [0.25, 0.3) is 0 Å². The standard InChI is InChI=1S/C23H29ClO2S2/c1-4-14-27-23(28-15-5-2)13-9-18-8-12-21(22(16-18)25-3)26-17-19-6-10-20(24)11-7-19/h6-13,16,23H,4-5,14-15,17H2,1-3H3/b13-9+. The zero-order valence-electron chi connectivity index (χ0n) is 16.8. The van der Waals surface area contributed by atoms with Crippen LogP contribution < -0.4 is 9.47 Å². The maximum atomic E-state index is 5.94. The molecular formula is C23H29ClO2S2. The van der Waals surface area contributed by atoms with E-state index in [9.17, 15) is 0 Å². The minimum atomic E-state index is 0.478. The summed E-state index contributed by atoms with van der Waals surface area (Å²) in [7, 11) is 1.68. The molecule has 0 N–H and O–H groups in total. The summed E-state index contributed by atoms with van der Waals surface area (Å²) in [5.74, 6) is 3.86. The Morgan fingerprint density at radius 3 is 2.25 bits per heavy atom. The molecule has 2 nitrogen and oxygen atoms in total. The highest BCUT2D eigenvalue weighted by atomic mass is 35.5. The van der Waals surface area contributed by atoms with Gasteiger partial charge in [0.2, 0.25) is 0 Å². The Kier molecular flexibility index (Phi) is 10.8. The maximum Gasteiger partial charge on any atom is 0.161 e. The van der Waals surface area contributed by atoms with Crippen molar-refractivity contribution in [3.63, 3.8) is 0 Å². The van der Waals surface area contributed by atoms with Gasteiger partial charge in [0, 0.05) is 5.02 Å². The molecule has 152 valence electrons. The fourth-order valence-electron chi connectivity index (χ4n) is 2.47. The predicted molar refractivity (Wildman–Crippen MR) is 127 cm³/mol. The number of hydrogen-bond acceptors (Lipinski definition) is 4. The van der Waals surface area contributed by atoms with Crippen molar-refractivity contribution in [1.82, 2.24) is 0 Å². The van der Waals surface area contributed by atoms with Gasteiger partial charge >= 0.3 is 0 Å². The SMILES string of the molecule is CCCSC(/C=C/c1ccc(OCc2ccc(Cl)cc2)c(OC)c1)SCCC. The molecule has 0 radical (unpaired) electrons. The Morgan fingerprint density at radius 2 is 1.64 bits per heavy atom. The molecule has 2 aromatic rings. The van der Waals surface area contributed by atoms with E-state index in [1.807, 2.05) is 59.9 Å². The lowest BCUT2D eigenvalue weighted by Crippen LogP contribution is -1.98. The van der Waals surface area contributed by atoms with E-state index in [0.717, 1.165) is 27.6 Å². The Balaban J connectivity index is 2.02. The quantitative estimate of drug-likeness (QED) is 0.319. The van der Waals surface area contributed by atoms with Gasteiger partial charge in [-0.1, -0.05) is 55.8 Å². The second kappa shape index (κ2) is 13.1. The zero-order chi connectivity index (χ0) is 20.2. The van der Waals surface area contributed by atoms with Crippen molar-refractivity contribution in [3.8, 4) is 11.5 Å². The molecule has 0 fully saturated rings. The Hall–Kier alpha value is -1.23. The van der Waals surface area contributed by atoms with Gasteiger partial charge < -0.3 is 9.47 Å². The second-order valence-electron chi connectivity index (χ2n) is 6.29. The second-order valence-corrected chi connectivity index (χ2v) is 9.53. The molecular weight excluding hydrogens is 408 g/mol. The van der Waals surface area contributed by atoms with Crippen molar-refractivity contribution < 1.29 is 9.47 Å².